The molecule has 0 spiro atoms. The summed E-state index contributed by atoms with van der Waals surface area (Å²) in [5.74, 6) is 0. The molecule has 0 fully saturated rings. The minimum Gasteiger partial charge on any atom is -0.342 e. The van der Waals surface area contributed by atoms with Gasteiger partial charge < -0.3 is 11.9 Å². The Morgan fingerprint density at radius 2 is 1.50 bits per heavy atom. The number of fused-ring (bicyclic) bond motifs is 3. The van der Waals surface area contributed by atoms with Gasteiger partial charge in [-0.1, -0.05) is 24.5 Å². The maximum Gasteiger partial charge on any atom is 0.0844 e. The summed E-state index contributed by atoms with van der Waals surface area (Å²) in [6.07, 6.45) is 25.3. The number of aliphatic imine (C=N–C) groups is 2. The SMILES string of the molecule is C1=Cc2cnccc2C1.C1=NCc2ccncc21.C1=Nc2cnccc2C1.[CH2-]Cc1[c-]cncc1.[Y]. The second-order valence-electron chi connectivity index (χ2n) is 7.76. The molecule has 1 aliphatic carbocycles. The second-order valence-corrected chi connectivity index (χ2v) is 7.76. The number of hydrogen-bond donors (Lipinski definition) is 0. The molecule has 3 aliphatic rings. The zero-order valence-electron chi connectivity index (χ0n) is 20.0. The fraction of sp³-hybridized carbons (Fsp3) is 0.138. The van der Waals surface area contributed by atoms with E-state index in [9.17, 15) is 0 Å². The largest absolute Gasteiger partial charge is 0.342 e. The summed E-state index contributed by atoms with van der Waals surface area (Å²) in [6, 6.07) is 10.9. The van der Waals surface area contributed by atoms with E-state index in [4.69, 9.17) is 0 Å². The molecule has 36 heavy (non-hydrogen) atoms. The van der Waals surface area contributed by atoms with Crippen molar-refractivity contribution in [3.05, 3.63) is 126 Å². The van der Waals surface area contributed by atoms with Crippen LogP contribution in [0.25, 0.3) is 6.08 Å². The molecule has 7 heteroatoms. The number of rotatable bonds is 1. The smallest absolute Gasteiger partial charge is 0.0844 e. The first-order valence-corrected chi connectivity index (χ1v) is 11.4. The summed E-state index contributed by atoms with van der Waals surface area (Å²) in [4.78, 5) is 23.9. The van der Waals surface area contributed by atoms with Gasteiger partial charge in [0.1, 0.15) is 0 Å². The van der Waals surface area contributed by atoms with E-state index in [1.54, 1.807) is 31.0 Å². The number of allylic oxidation sites excluding steroid dienone is 1. The molecular formula is C29H26N6Y-2. The summed E-state index contributed by atoms with van der Waals surface area (Å²) in [5.41, 5.74) is 8.53. The molecule has 7 rings (SSSR count). The first-order valence-electron chi connectivity index (χ1n) is 11.4. The van der Waals surface area contributed by atoms with Crippen molar-refractivity contribution in [3.8, 4) is 0 Å². The fourth-order valence-corrected chi connectivity index (χ4v) is 3.47. The van der Waals surface area contributed by atoms with Gasteiger partial charge in [0.25, 0.3) is 0 Å². The quantitative estimate of drug-likeness (QED) is 0.305. The first-order chi connectivity index (χ1) is 17.3. The van der Waals surface area contributed by atoms with Crippen LogP contribution in [0.3, 0.4) is 0 Å². The van der Waals surface area contributed by atoms with E-state index in [2.05, 4.69) is 61.1 Å². The molecule has 0 saturated carbocycles. The van der Waals surface area contributed by atoms with Crippen LogP contribution in [0, 0.1) is 13.0 Å². The molecule has 177 valence electrons. The van der Waals surface area contributed by atoms with Gasteiger partial charge in [-0.2, -0.15) is 12.5 Å². The third-order valence-electron chi connectivity index (χ3n) is 5.40. The molecule has 6 heterocycles. The molecule has 4 aromatic heterocycles. The first kappa shape index (κ1) is 27.4. The molecule has 6 nitrogen and oxygen atoms in total. The molecule has 0 unspecified atom stereocenters. The van der Waals surface area contributed by atoms with Crippen LogP contribution in [0.1, 0.15) is 33.4 Å². The Morgan fingerprint density at radius 3 is 2.17 bits per heavy atom. The maximum atomic E-state index is 4.11. The Kier molecular flexibility index (Phi) is 11.4. The van der Waals surface area contributed by atoms with Crippen LogP contribution >= 0.6 is 0 Å². The van der Waals surface area contributed by atoms with E-state index in [1.165, 1.54) is 22.3 Å². The number of nitrogens with zero attached hydrogens (tertiary/aromatic N) is 6. The fourth-order valence-electron chi connectivity index (χ4n) is 3.47. The van der Waals surface area contributed by atoms with Crippen LogP contribution < -0.4 is 0 Å². The van der Waals surface area contributed by atoms with Gasteiger partial charge in [0.15, 0.2) is 0 Å². The predicted molar refractivity (Wildman–Crippen MR) is 141 cm³/mol. The normalized spacial score (nSPS) is 12.4. The molecule has 4 aromatic rings. The van der Waals surface area contributed by atoms with Crippen LogP contribution in [-0.2, 0) is 58.5 Å². The molecule has 0 bridgehead atoms. The van der Waals surface area contributed by atoms with Crippen molar-refractivity contribution in [2.75, 3.05) is 0 Å². The second kappa shape index (κ2) is 15.0. The van der Waals surface area contributed by atoms with Gasteiger partial charge in [0.2, 0.25) is 0 Å². The van der Waals surface area contributed by atoms with E-state index in [-0.39, 0.29) is 32.7 Å². The number of hydrogen-bond acceptors (Lipinski definition) is 6. The zero-order chi connectivity index (χ0) is 24.1. The Labute approximate surface area is 237 Å². The topological polar surface area (TPSA) is 76.3 Å². The van der Waals surface area contributed by atoms with Crippen molar-refractivity contribution >= 4 is 24.2 Å². The van der Waals surface area contributed by atoms with Crippen molar-refractivity contribution in [3.63, 3.8) is 0 Å². The average molecular weight is 547 g/mol. The van der Waals surface area contributed by atoms with E-state index in [0.717, 1.165) is 42.6 Å². The Balaban J connectivity index is 0.000000133. The van der Waals surface area contributed by atoms with Crippen molar-refractivity contribution in [1.29, 1.82) is 0 Å². The van der Waals surface area contributed by atoms with Crippen molar-refractivity contribution in [1.82, 2.24) is 19.9 Å². The van der Waals surface area contributed by atoms with Crippen LogP contribution in [-0.4, -0.2) is 32.4 Å². The van der Waals surface area contributed by atoms with Gasteiger partial charge in [-0.05, 0) is 46.9 Å². The van der Waals surface area contributed by atoms with E-state index in [0.29, 0.717) is 0 Å². The minimum absolute atomic E-state index is 0. The number of aromatic nitrogens is 4. The Morgan fingerprint density at radius 1 is 0.778 bits per heavy atom. The van der Waals surface area contributed by atoms with Crippen LogP contribution in [0.15, 0.2) is 89.9 Å². The van der Waals surface area contributed by atoms with Crippen LogP contribution in [0.2, 0.25) is 0 Å². The molecular weight excluding hydrogens is 521 g/mol. The molecule has 2 aliphatic heterocycles. The third kappa shape index (κ3) is 8.18. The molecule has 1 radical (unpaired) electrons. The molecule has 0 atom stereocenters. The molecule has 0 saturated heterocycles. The summed E-state index contributed by atoms with van der Waals surface area (Å²) in [6.45, 7) is 4.53. The van der Waals surface area contributed by atoms with Crippen LogP contribution in [0.4, 0.5) is 5.69 Å². The summed E-state index contributed by atoms with van der Waals surface area (Å²) in [7, 11) is 0. The monoisotopic (exact) mass is 547 g/mol. The zero-order valence-corrected chi connectivity index (χ0v) is 22.9. The maximum absolute atomic E-state index is 4.11. The average Bonchev–Trinajstić information content (AvgIpc) is 3.70. The molecule has 0 aromatic carbocycles. The molecule has 0 N–H and O–H groups in total. The van der Waals surface area contributed by atoms with Crippen molar-refractivity contribution < 1.29 is 32.7 Å². The summed E-state index contributed by atoms with van der Waals surface area (Å²) in [5, 5.41) is 0. The standard InChI is InChI=1S/C8H7N.2C7H6N2.C7H7N.Y/c1-2-7-4-5-9-6-8(7)3-1;1-3-8-5-7-6(1)2-4-9-7;1-2-8-4-7-5-9-3-6(1)7;1-2-7-3-5-8-6-4-7;/h1,3-6H,2H2;1,3-5H,2H2;1-2,4-5H,3H2;3,5-6H,1-2H2;/q;;;-2;. The Hall–Kier alpha value is -3.22. The van der Waals surface area contributed by atoms with Gasteiger partial charge >= 0.3 is 0 Å². The third-order valence-corrected chi connectivity index (χ3v) is 5.40. The number of pyridine rings is 4. The van der Waals surface area contributed by atoms with E-state index >= 15 is 0 Å². The van der Waals surface area contributed by atoms with Gasteiger partial charge in [-0.3, -0.25) is 24.9 Å². The van der Waals surface area contributed by atoms with Gasteiger partial charge in [0.05, 0.1) is 18.4 Å². The van der Waals surface area contributed by atoms with Crippen molar-refractivity contribution in [2.24, 2.45) is 9.98 Å². The Bertz CT molecular complexity index is 1190. The van der Waals surface area contributed by atoms with E-state index < -0.39 is 0 Å². The summed E-state index contributed by atoms with van der Waals surface area (Å²) < 4.78 is 0. The van der Waals surface area contributed by atoms with E-state index in [1.807, 2.05) is 49.2 Å². The van der Waals surface area contributed by atoms with Crippen LogP contribution in [0.5, 0.6) is 0 Å². The van der Waals surface area contributed by atoms with Gasteiger partial charge in [-0.25, -0.2) is 11.6 Å². The minimum atomic E-state index is 0. The predicted octanol–water partition coefficient (Wildman–Crippen LogP) is 5.26. The molecule has 0 amide bonds. The van der Waals surface area contributed by atoms with Crippen molar-refractivity contribution in [2.45, 2.75) is 25.8 Å². The van der Waals surface area contributed by atoms with Gasteiger partial charge in [0, 0.05) is 88.1 Å². The summed E-state index contributed by atoms with van der Waals surface area (Å²) >= 11 is 0. The van der Waals surface area contributed by atoms with Gasteiger partial charge in [-0.15, -0.1) is 0 Å².